The van der Waals surface area contributed by atoms with Gasteiger partial charge in [-0.25, -0.2) is 0 Å². The average molecular weight is 412 g/mol. The topological polar surface area (TPSA) is 72.4 Å². The number of rotatable bonds is 5. The summed E-state index contributed by atoms with van der Waals surface area (Å²) < 4.78 is 7.37. The van der Waals surface area contributed by atoms with E-state index in [1.54, 1.807) is 30.3 Å². The summed E-state index contributed by atoms with van der Waals surface area (Å²) in [5.74, 6) is -0.116. The summed E-state index contributed by atoms with van der Waals surface area (Å²) in [6, 6.07) is 14.4. The molecule has 2 N–H and O–H groups in total. The first kappa shape index (κ1) is 20.5. The molecule has 0 unspecified atom stereocenters. The largest absolute Gasteiger partial charge is 0.495 e. The lowest BCUT2D eigenvalue weighted by Crippen LogP contribution is -2.15. The molecule has 0 spiro atoms. The number of nitrogens with one attached hydrogen (secondary N) is 2. The Morgan fingerprint density at radius 1 is 0.966 bits per heavy atom. The van der Waals surface area contributed by atoms with E-state index in [1.165, 1.54) is 14.0 Å². The van der Waals surface area contributed by atoms with Gasteiger partial charge < -0.3 is 19.9 Å². The van der Waals surface area contributed by atoms with Gasteiger partial charge in [0.25, 0.3) is 5.91 Å². The minimum atomic E-state index is -0.377. The first-order valence-corrected chi connectivity index (χ1v) is 9.40. The number of hydrogen-bond acceptors (Lipinski definition) is 3. The van der Waals surface area contributed by atoms with Crippen LogP contribution in [0.5, 0.6) is 5.75 Å². The maximum absolute atomic E-state index is 13.0. The lowest BCUT2D eigenvalue weighted by Gasteiger charge is -2.15. The van der Waals surface area contributed by atoms with E-state index in [1.807, 2.05) is 36.6 Å². The fraction of sp³-hybridized carbons (Fsp3) is 0.182. The highest BCUT2D eigenvalue weighted by Crippen LogP contribution is 2.30. The van der Waals surface area contributed by atoms with Crippen LogP contribution in [0.4, 0.5) is 11.4 Å². The molecular weight excluding hydrogens is 390 g/mol. The zero-order valence-electron chi connectivity index (χ0n) is 16.7. The van der Waals surface area contributed by atoms with Crippen LogP contribution in [0.1, 0.15) is 28.7 Å². The van der Waals surface area contributed by atoms with Crippen LogP contribution in [0.25, 0.3) is 5.69 Å². The lowest BCUT2D eigenvalue weighted by atomic mass is 10.1. The Morgan fingerprint density at radius 3 is 2.28 bits per heavy atom. The van der Waals surface area contributed by atoms with Crippen LogP contribution in [0, 0.1) is 13.8 Å². The molecule has 2 aromatic carbocycles. The normalized spacial score (nSPS) is 10.5. The molecule has 1 aromatic heterocycles. The molecule has 3 rings (SSSR count). The zero-order chi connectivity index (χ0) is 21.1. The van der Waals surface area contributed by atoms with Crippen molar-refractivity contribution in [3.05, 3.63) is 70.5 Å². The maximum Gasteiger partial charge on any atom is 0.257 e. The Kier molecular flexibility index (Phi) is 5.94. The molecule has 0 fully saturated rings. The van der Waals surface area contributed by atoms with E-state index in [2.05, 4.69) is 10.6 Å². The lowest BCUT2D eigenvalue weighted by molar-refractivity contribution is -0.114. The van der Waals surface area contributed by atoms with Gasteiger partial charge in [-0.2, -0.15) is 0 Å². The molecule has 0 bridgehead atoms. The van der Waals surface area contributed by atoms with Crippen molar-refractivity contribution < 1.29 is 14.3 Å². The van der Waals surface area contributed by atoms with Gasteiger partial charge in [-0.15, -0.1) is 0 Å². The molecule has 0 aliphatic carbocycles. The Balaban J connectivity index is 1.95. The van der Waals surface area contributed by atoms with Crippen LogP contribution in [0.3, 0.4) is 0 Å². The molecule has 0 atom stereocenters. The summed E-state index contributed by atoms with van der Waals surface area (Å²) in [4.78, 5) is 24.3. The van der Waals surface area contributed by atoms with E-state index >= 15 is 0 Å². The fourth-order valence-corrected chi connectivity index (χ4v) is 3.38. The summed E-state index contributed by atoms with van der Waals surface area (Å²) in [6.45, 7) is 5.42. The molecular formula is C22H22ClN3O3. The fourth-order valence-electron chi connectivity index (χ4n) is 3.18. The van der Waals surface area contributed by atoms with Crippen LogP contribution < -0.4 is 15.4 Å². The molecule has 0 aliphatic heterocycles. The number of aromatic nitrogens is 1. The van der Waals surface area contributed by atoms with Crippen molar-refractivity contribution in [2.45, 2.75) is 20.8 Å². The van der Waals surface area contributed by atoms with Gasteiger partial charge in [-0.3, -0.25) is 9.59 Å². The second kappa shape index (κ2) is 8.41. The van der Waals surface area contributed by atoms with Crippen LogP contribution >= 0.6 is 11.6 Å². The van der Waals surface area contributed by atoms with Crippen molar-refractivity contribution in [2.75, 3.05) is 17.7 Å². The molecule has 29 heavy (non-hydrogen) atoms. The van der Waals surface area contributed by atoms with E-state index in [0.29, 0.717) is 27.7 Å². The van der Waals surface area contributed by atoms with Gasteiger partial charge in [-0.05, 0) is 62.4 Å². The molecule has 0 saturated carbocycles. The number of ether oxygens (including phenoxy) is 1. The third kappa shape index (κ3) is 4.43. The second-order valence-electron chi connectivity index (χ2n) is 6.67. The smallest absolute Gasteiger partial charge is 0.257 e. The molecule has 0 radical (unpaired) electrons. The molecule has 2 amide bonds. The van der Waals surface area contributed by atoms with E-state index in [-0.39, 0.29) is 11.8 Å². The average Bonchev–Trinajstić information content (AvgIpc) is 3.00. The molecule has 6 nitrogen and oxygen atoms in total. The van der Waals surface area contributed by atoms with Crippen molar-refractivity contribution in [1.29, 1.82) is 0 Å². The van der Waals surface area contributed by atoms with E-state index in [9.17, 15) is 9.59 Å². The summed E-state index contributed by atoms with van der Waals surface area (Å²) >= 11 is 6.31. The van der Waals surface area contributed by atoms with Crippen LogP contribution in [-0.4, -0.2) is 23.5 Å². The van der Waals surface area contributed by atoms with Gasteiger partial charge in [-0.1, -0.05) is 11.6 Å². The third-order valence-corrected chi connectivity index (χ3v) is 4.82. The van der Waals surface area contributed by atoms with Gasteiger partial charge in [0.15, 0.2) is 0 Å². The number of aryl methyl sites for hydroxylation is 2. The van der Waals surface area contributed by atoms with Crippen LogP contribution in [0.2, 0.25) is 5.02 Å². The third-order valence-electron chi connectivity index (χ3n) is 4.49. The van der Waals surface area contributed by atoms with E-state index in [4.69, 9.17) is 16.3 Å². The highest BCUT2D eigenvalue weighted by molar-refractivity contribution is 6.34. The van der Waals surface area contributed by atoms with Crippen LogP contribution in [0.15, 0.2) is 48.5 Å². The Morgan fingerprint density at radius 2 is 1.66 bits per heavy atom. The van der Waals surface area contributed by atoms with Crippen LogP contribution in [-0.2, 0) is 4.79 Å². The van der Waals surface area contributed by atoms with Gasteiger partial charge >= 0.3 is 0 Å². The Labute approximate surface area is 174 Å². The summed E-state index contributed by atoms with van der Waals surface area (Å²) in [6.07, 6.45) is 0. The number of hydrogen-bond donors (Lipinski definition) is 2. The number of halogens is 1. The number of carbonyl (C=O) groups excluding carboxylic acids is 2. The monoisotopic (exact) mass is 411 g/mol. The first-order valence-electron chi connectivity index (χ1n) is 9.02. The Bertz CT molecular complexity index is 1070. The van der Waals surface area contributed by atoms with Crippen molar-refractivity contribution in [3.8, 4) is 11.4 Å². The number of nitrogens with zero attached hydrogens (tertiary/aromatic N) is 1. The van der Waals surface area contributed by atoms with Gasteiger partial charge in [0, 0.05) is 29.7 Å². The number of methoxy groups -OCH3 is 1. The van der Waals surface area contributed by atoms with E-state index in [0.717, 1.165) is 17.1 Å². The molecule has 7 heteroatoms. The molecule has 0 saturated heterocycles. The quantitative estimate of drug-likeness (QED) is 0.622. The van der Waals surface area contributed by atoms with Gasteiger partial charge in [0.1, 0.15) is 5.75 Å². The summed E-state index contributed by atoms with van der Waals surface area (Å²) in [5.41, 5.74) is 4.27. The van der Waals surface area contributed by atoms with Crippen molar-refractivity contribution in [3.63, 3.8) is 0 Å². The number of benzene rings is 2. The number of carbonyl (C=O) groups is 2. The minimum Gasteiger partial charge on any atom is -0.495 e. The SMILES string of the molecule is COc1ccc(NC(C)=O)cc1NC(=O)c1cc(-n2c(C)ccc2C)ccc1Cl. The predicted octanol–water partition coefficient (Wildman–Crippen LogP) is 4.97. The zero-order valence-corrected chi connectivity index (χ0v) is 17.4. The van der Waals surface area contributed by atoms with Crippen molar-refractivity contribution >= 4 is 34.8 Å². The van der Waals surface area contributed by atoms with Crippen molar-refractivity contribution in [1.82, 2.24) is 4.57 Å². The predicted molar refractivity (Wildman–Crippen MR) is 116 cm³/mol. The molecule has 3 aromatic rings. The standard InChI is InChI=1S/C22H22ClN3O3/c1-13-5-6-14(2)26(13)17-8-9-19(23)18(12-17)22(28)25-20-11-16(24-15(3)27)7-10-21(20)29-4/h5-12H,1-4H3,(H,24,27)(H,25,28). The van der Waals surface area contributed by atoms with Gasteiger partial charge in [0.05, 0.1) is 23.4 Å². The molecule has 150 valence electrons. The minimum absolute atomic E-state index is 0.208. The Hall–Kier alpha value is -3.25. The van der Waals surface area contributed by atoms with Gasteiger partial charge in [0.2, 0.25) is 5.91 Å². The number of amides is 2. The molecule has 1 heterocycles. The van der Waals surface area contributed by atoms with Crippen molar-refractivity contribution in [2.24, 2.45) is 0 Å². The second-order valence-corrected chi connectivity index (χ2v) is 7.07. The first-order chi connectivity index (χ1) is 13.8. The molecule has 0 aliphatic rings. The summed E-state index contributed by atoms with van der Waals surface area (Å²) in [5, 5.41) is 5.85. The highest BCUT2D eigenvalue weighted by atomic mass is 35.5. The highest BCUT2D eigenvalue weighted by Gasteiger charge is 2.16. The summed E-state index contributed by atoms with van der Waals surface area (Å²) in [7, 11) is 1.51. The number of anilines is 2. The maximum atomic E-state index is 13.0. The van der Waals surface area contributed by atoms with E-state index < -0.39 is 0 Å².